The first kappa shape index (κ1) is 41.5. The molecule has 1 aliphatic carbocycles. The molecule has 0 radical (unpaired) electrons. The number of aryl methyl sites for hydroxylation is 1. The number of hydrogen-bond acceptors (Lipinski definition) is 10. The van der Waals surface area contributed by atoms with E-state index in [0.717, 1.165) is 50.2 Å². The average Bonchev–Trinajstić information content (AvgIpc) is 3.85. The number of benzene rings is 2. The molecule has 12 nitrogen and oxygen atoms in total. The molecule has 21 heteroatoms. The minimum absolute atomic E-state index is 0.0334. The summed E-state index contributed by atoms with van der Waals surface area (Å²) in [7, 11) is 0. The van der Waals surface area contributed by atoms with E-state index in [9.17, 15) is 26.3 Å². The highest BCUT2D eigenvalue weighted by molar-refractivity contribution is 9.10. The molecule has 2 aromatic carbocycles. The van der Waals surface area contributed by atoms with Crippen molar-refractivity contribution in [3.05, 3.63) is 74.0 Å². The zero-order valence-corrected chi connectivity index (χ0v) is 33.6. The zero-order chi connectivity index (χ0) is 40.7. The molecule has 0 amide bonds. The smallest absolute Gasteiger partial charge is 0.416 e. The van der Waals surface area contributed by atoms with Crippen molar-refractivity contribution in [1.82, 2.24) is 39.7 Å². The summed E-state index contributed by atoms with van der Waals surface area (Å²) in [5.41, 5.74) is -1.77. The quantitative estimate of drug-likeness (QED) is 0.132. The molecule has 3 atom stereocenters. The van der Waals surface area contributed by atoms with Crippen LogP contribution in [0.2, 0.25) is 10.0 Å². The number of rotatable bonds is 9. The molecule has 2 bridgehead atoms. The third-order valence-electron chi connectivity index (χ3n) is 9.25. The molecule has 5 aromatic rings. The maximum Gasteiger partial charge on any atom is 0.416 e. The van der Waals surface area contributed by atoms with Gasteiger partial charge in [-0.05, 0) is 118 Å². The molecular weight excluding hydrogens is 859 g/mol. The van der Waals surface area contributed by atoms with Crippen LogP contribution in [0.25, 0.3) is 0 Å². The number of alkyl halides is 6. The summed E-state index contributed by atoms with van der Waals surface area (Å²) in [6.07, 6.45) is -6.15. The topological polar surface area (TPSA) is 122 Å². The lowest BCUT2D eigenvalue weighted by Gasteiger charge is -2.36. The van der Waals surface area contributed by atoms with Crippen LogP contribution in [0.15, 0.2) is 45.7 Å². The van der Waals surface area contributed by atoms with Gasteiger partial charge in [0, 0.05) is 29.6 Å². The summed E-state index contributed by atoms with van der Waals surface area (Å²) in [6.45, 7) is 11.0. The van der Waals surface area contributed by atoms with Crippen molar-refractivity contribution in [2.45, 2.75) is 78.3 Å². The predicted molar refractivity (Wildman–Crippen MR) is 196 cm³/mol. The normalized spacial score (nSPS) is 18.4. The molecule has 1 saturated carbocycles. The van der Waals surface area contributed by atoms with Crippen molar-refractivity contribution in [2.75, 3.05) is 18.0 Å². The summed E-state index contributed by atoms with van der Waals surface area (Å²) in [5.74, 6) is 2.43. The SMILES string of the molecule is CC(C)n1nc(Br)nc1Oc1cc(Cl)cc(C(F)(F)F)c1.Cc1noc(N2C[C@H]3CC[C@@H](C2)C3Cc2nc(Oc3cc(Cl)cc(C(F)(F)F)c3)n(C(C)C)n2)n1. The second kappa shape index (κ2) is 16.4. The van der Waals surface area contributed by atoms with E-state index in [1.54, 1.807) is 11.6 Å². The van der Waals surface area contributed by atoms with Crippen LogP contribution in [0, 0.1) is 24.7 Å². The summed E-state index contributed by atoms with van der Waals surface area (Å²) in [6, 6.07) is 6.72. The van der Waals surface area contributed by atoms with E-state index in [1.165, 1.54) is 16.8 Å². The van der Waals surface area contributed by atoms with Gasteiger partial charge in [0.25, 0.3) is 0 Å². The lowest BCUT2D eigenvalue weighted by Crippen LogP contribution is -2.43. The van der Waals surface area contributed by atoms with Crippen molar-refractivity contribution in [3.63, 3.8) is 0 Å². The molecule has 302 valence electrons. The third-order valence-corrected chi connectivity index (χ3v) is 10.0. The molecule has 0 N–H and O–H groups in total. The first-order valence-corrected chi connectivity index (χ1v) is 19.0. The first-order chi connectivity index (χ1) is 26.2. The van der Waals surface area contributed by atoms with Crippen LogP contribution in [0.5, 0.6) is 23.5 Å². The van der Waals surface area contributed by atoms with Gasteiger partial charge in [0.1, 0.15) is 11.5 Å². The Hall–Kier alpha value is -4.10. The van der Waals surface area contributed by atoms with Crippen LogP contribution < -0.4 is 14.4 Å². The standard InChI is InChI=1S/C23H26ClF3N6O2.C12H10BrClF3N3O/c1-12(2)33-22(34-18-7-16(23(25,26)27)6-17(24)8-18)29-20(30-33)9-19-14-4-5-15(19)11-32(10-14)21-28-13(3)31-35-21;1-6(2)20-11(18-10(13)19-20)21-9-4-7(12(15,16)17)3-8(14)5-9/h6-8,12,14-15,19H,4-5,9-11H2,1-3H3;3-6H,1-2H3/t14-,15+,19?;. The van der Waals surface area contributed by atoms with E-state index in [-0.39, 0.29) is 50.4 Å². The Bertz CT molecular complexity index is 2140. The molecule has 2 fully saturated rings. The molecule has 3 aromatic heterocycles. The van der Waals surface area contributed by atoms with Gasteiger partial charge in [-0.15, -0.1) is 5.10 Å². The van der Waals surface area contributed by atoms with Crippen LogP contribution in [-0.2, 0) is 18.8 Å². The van der Waals surface area contributed by atoms with Crippen LogP contribution >= 0.6 is 39.1 Å². The average molecular weight is 896 g/mol. The number of ether oxygens (including phenoxy) is 2. The Morgan fingerprint density at radius 2 is 1.27 bits per heavy atom. The Kier molecular flexibility index (Phi) is 12.2. The van der Waals surface area contributed by atoms with Gasteiger partial charge in [0.2, 0.25) is 4.73 Å². The maximum absolute atomic E-state index is 13.2. The number of aromatic nitrogens is 8. The van der Waals surface area contributed by atoms with E-state index >= 15 is 0 Å². The fourth-order valence-electron chi connectivity index (χ4n) is 6.77. The number of anilines is 1. The minimum atomic E-state index is -4.53. The van der Waals surface area contributed by atoms with Gasteiger partial charge in [0.15, 0.2) is 11.6 Å². The molecule has 1 aliphatic heterocycles. The van der Waals surface area contributed by atoms with Gasteiger partial charge in [-0.2, -0.15) is 46.4 Å². The maximum atomic E-state index is 13.2. The third kappa shape index (κ3) is 9.88. The van der Waals surface area contributed by atoms with Crippen LogP contribution in [0.1, 0.15) is 75.4 Å². The summed E-state index contributed by atoms with van der Waals surface area (Å²) in [5, 5.41) is 12.4. The van der Waals surface area contributed by atoms with Gasteiger partial charge in [-0.1, -0.05) is 28.4 Å². The number of halogens is 9. The Labute approximate surface area is 335 Å². The summed E-state index contributed by atoms with van der Waals surface area (Å²) < 4.78 is 97.7. The van der Waals surface area contributed by atoms with Crippen LogP contribution in [-0.4, -0.2) is 52.8 Å². The highest BCUT2D eigenvalue weighted by Gasteiger charge is 2.44. The second-order valence-corrected chi connectivity index (χ2v) is 15.7. The predicted octanol–water partition coefficient (Wildman–Crippen LogP) is 10.8. The van der Waals surface area contributed by atoms with Gasteiger partial charge in [0.05, 0.1) is 23.2 Å². The molecular formula is C35H36BrCl2F6N9O3. The number of hydrogen-bond donors (Lipinski definition) is 0. The number of nitrogens with zero attached hydrogens (tertiary/aromatic N) is 9. The molecule has 4 heterocycles. The van der Waals surface area contributed by atoms with E-state index in [2.05, 4.69) is 51.1 Å². The van der Waals surface area contributed by atoms with E-state index in [4.69, 9.17) is 37.2 Å². The fraction of sp³-hybridized carbons (Fsp3) is 0.486. The van der Waals surface area contributed by atoms with Crippen molar-refractivity contribution in [2.24, 2.45) is 17.8 Å². The summed E-state index contributed by atoms with van der Waals surface area (Å²) in [4.78, 5) is 15.1. The van der Waals surface area contributed by atoms with E-state index in [1.807, 2.05) is 27.7 Å². The van der Waals surface area contributed by atoms with Crippen molar-refractivity contribution in [1.29, 1.82) is 0 Å². The van der Waals surface area contributed by atoms with Crippen molar-refractivity contribution < 1.29 is 40.3 Å². The lowest BCUT2D eigenvalue weighted by atomic mass is 9.82. The van der Waals surface area contributed by atoms with E-state index < -0.39 is 23.5 Å². The highest BCUT2D eigenvalue weighted by atomic mass is 79.9. The molecule has 2 aliphatic rings. The van der Waals surface area contributed by atoms with E-state index in [0.29, 0.717) is 41.8 Å². The van der Waals surface area contributed by atoms with Gasteiger partial charge in [-0.25, -0.2) is 9.36 Å². The Balaban J connectivity index is 0.000000217. The monoisotopic (exact) mass is 893 g/mol. The minimum Gasteiger partial charge on any atom is -0.424 e. The summed E-state index contributed by atoms with van der Waals surface area (Å²) >= 11 is 14.7. The molecule has 7 rings (SSSR count). The van der Waals surface area contributed by atoms with Gasteiger partial charge >= 0.3 is 30.4 Å². The molecule has 56 heavy (non-hydrogen) atoms. The van der Waals surface area contributed by atoms with Gasteiger partial charge < -0.3 is 18.9 Å². The highest BCUT2D eigenvalue weighted by Crippen LogP contribution is 2.45. The van der Waals surface area contributed by atoms with Crippen LogP contribution in [0.3, 0.4) is 0 Å². The lowest BCUT2D eigenvalue weighted by molar-refractivity contribution is -0.138. The van der Waals surface area contributed by atoms with Crippen molar-refractivity contribution in [3.8, 4) is 23.5 Å². The largest absolute Gasteiger partial charge is 0.424 e. The van der Waals surface area contributed by atoms with Gasteiger partial charge in [-0.3, -0.25) is 0 Å². The first-order valence-electron chi connectivity index (χ1n) is 17.5. The second-order valence-electron chi connectivity index (χ2n) is 14.1. The van der Waals surface area contributed by atoms with Crippen molar-refractivity contribution >= 4 is 45.1 Å². The number of piperidine rings is 1. The zero-order valence-electron chi connectivity index (χ0n) is 30.5. The molecule has 0 spiro atoms. The number of fused-ring (bicyclic) bond motifs is 2. The Morgan fingerprint density at radius 3 is 1.73 bits per heavy atom. The molecule has 1 saturated heterocycles. The van der Waals surface area contributed by atoms with Crippen LogP contribution in [0.4, 0.5) is 32.4 Å². The fourth-order valence-corrected chi connectivity index (χ4v) is 7.54. The molecule has 1 unspecified atom stereocenters. The Morgan fingerprint density at radius 1 is 0.768 bits per heavy atom.